The zero-order valence-electron chi connectivity index (χ0n) is 9.87. The Kier molecular flexibility index (Phi) is 4.42. The Bertz CT molecular complexity index is 174. The third-order valence-electron chi connectivity index (χ3n) is 3.78. The summed E-state index contributed by atoms with van der Waals surface area (Å²) >= 11 is 0. The first-order chi connectivity index (χ1) is 7.36. The van der Waals surface area contributed by atoms with Gasteiger partial charge in [-0.15, -0.1) is 0 Å². The third kappa shape index (κ3) is 3.44. The number of nitrogens with zero attached hydrogens (tertiary/aromatic N) is 1. The van der Waals surface area contributed by atoms with Crippen LogP contribution in [0.5, 0.6) is 0 Å². The molecule has 2 fully saturated rings. The standard InChI is InChI=1S/C12H24N2O/c1-14(12-3-2-6-13-9-12)10-11-4-7-15-8-5-11/h11-13H,2-10H2,1H3. The largest absolute Gasteiger partial charge is 0.381 e. The molecule has 0 aliphatic carbocycles. The zero-order valence-corrected chi connectivity index (χ0v) is 9.87. The van der Waals surface area contributed by atoms with Gasteiger partial charge in [-0.05, 0) is 45.2 Å². The van der Waals surface area contributed by atoms with Crippen molar-refractivity contribution in [2.24, 2.45) is 5.92 Å². The summed E-state index contributed by atoms with van der Waals surface area (Å²) in [6.45, 7) is 5.60. The maximum atomic E-state index is 5.40. The fraction of sp³-hybridized carbons (Fsp3) is 1.00. The van der Waals surface area contributed by atoms with Gasteiger partial charge < -0.3 is 15.0 Å². The van der Waals surface area contributed by atoms with Gasteiger partial charge in [0.15, 0.2) is 0 Å². The van der Waals surface area contributed by atoms with Gasteiger partial charge in [0.2, 0.25) is 0 Å². The number of likely N-dealkylation sites (N-methyl/N-ethyl adjacent to an activating group) is 1. The lowest BCUT2D eigenvalue weighted by Crippen LogP contribution is -2.46. The van der Waals surface area contributed by atoms with Crippen molar-refractivity contribution in [3.8, 4) is 0 Å². The lowest BCUT2D eigenvalue weighted by molar-refractivity contribution is 0.0484. The lowest BCUT2D eigenvalue weighted by Gasteiger charge is -2.35. The highest BCUT2D eigenvalue weighted by atomic mass is 16.5. The van der Waals surface area contributed by atoms with E-state index >= 15 is 0 Å². The molecule has 0 aromatic heterocycles. The van der Waals surface area contributed by atoms with Gasteiger partial charge in [-0.3, -0.25) is 0 Å². The molecule has 1 N–H and O–H groups in total. The Morgan fingerprint density at radius 1 is 1.27 bits per heavy atom. The molecule has 0 bridgehead atoms. The molecule has 2 aliphatic rings. The Balaban J connectivity index is 1.72. The van der Waals surface area contributed by atoms with E-state index in [4.69, 9.17) is 4.74 Å². The Labute approximate surface area is 93.2 Å². The highest BCUT2D eigenvalue weighted by molar-refractivity contribution is 4.78. The third-order valence-corrected chi connectivity index (χ3v) is 3.78. The van der Waals surface area contributed by atoms with E-state index in [1.807, 2.05) is 0 Å². The Morgan fingerprint density at radius 3 is 2.73 bits per heavy atom. The predicted octanol–water partition coefficient (Wildman–Crippen LogP) is 1.10. The topological polar surface area (TPSA) is 24.5 Å². The summed E-state index contributed by atoms with van der Waals surface area (Å²) in [6.07, 6.45) is 5.21. The molecule has 0 spiro atoms. The first-order valence-corrected chi connectivity index (χ1v) is 6.35. The first-order valence-electron chi connectivity index (χ1n) is 6.35. The van der Waals surface area contributed by atoms with E-state index in [0.29, 0.717) is 0 Å². The van der Waals surface area contributed by atoms with Crippen LogP contribution in [-0.2, 0) is 4.74 Å². The molecule has 2 saturated heterocycles. The second-order valence-corrected chi connectivity index (χ2v) is 5.00. The number of ether oxygens (including phenoxy) is 1. The summed E-state index contributed by atoms with van der Waals surface area (Å²) in [5, 5.41) is 3.49. The summed E-state index contributed by atoms with van der Waals surface area (Å²) in [5.74, 6) is 0.866. The van der Waals surface area contributed by atoms with E-state index in [9.17, 15) is 0 Å². The molecule has 15 heavy (non-hydrogen) atoms. The maximum Gasteiger partial charge on any atom is 0.0469 e. The van der Waals surface area contributed by atoms with Gasteiger partial charge >= 0.3 is 0 Å². The zero-order chi connectivity index (χ0) is 10.5. The van der Waals surface area contributed by atoms with Crippen molar-refractivity contribution >= 4 is 0 Å². The highest BCUT2D eigenvalue weighted by Crippen LogP contribution is 2.18. The van der Waals surface area contributed by atoms with E-state index < -0.39 is 0 Å². The number of nitrogens with one attached hydrogen (secondary N) is 1. The number of hydrogen-bond acceptors (Lipinski definition) is 3. The average molecular weight is 212 g/mol. The van der Waals surface area contributed by atoms with Crippen LogP contribution in [0.3, 0.4) is 0 Å². The molecule has 1 unspecified atom stereocenters. The Hall–Kier alpha value is -0.120. The minimum absolute atomic E-state index is 0.765. The van der Waals surface area contributed by atoms with Crippen LogP contribution in [0.25, 0.3) is 0 Å². The van der Waals surface area contributed by atoms with Crippen LogP contribution in [-0.4, -0.2) is 50.8 Å². The Morgan fingerprint density at radius 2 is 2.07 bits per heavy atom. The van der Waals surface area contributed by atoms with E-state index in [1.54, 1.807) is 0 Å². The molecule has 88 valence electrons. The van der Waals surface area contributed by atoms with Gasteiger partial charge in [-0.2, -0.15) is 0 Å². The van der Waals surface area contributed by atoms with Gasteiger partial charge in [-0.1, -0.05) is 0 Å². The fourth-order valence-corrected chi connectivity index (χ4v) is 2.69. The monoisotopic (exact) mass is 212 g/mol. The maximum absolute atomic E-state index is 5.40. The lowest BCUT2D eigenvalue weighted by atomic mass is 9.98. The van der Waals surface area contributed by atoms with Crippen molar-refractivity contribution in [2.75, 3.05) is 39.9 Å². The number of hydrogen-bond donors (Lipinski definition) is 1. The molecule has 1 atom stereocenters. The van der Waals surface area contributed by atoms with Gasteiger partial charge in [0, 0.05) is 32.3 Å². The molecule has 0 radical (unpaired) electrons. The summed E-state index contributed by atoms with van der Waals surface area (Å²) in [7, 11) is 2.28. The molecule has 0 aromatic carbocycles. The molecule has 2 heterocycles. The summed E-state index contributed by atoms with van der Waals surface area (Å²) in [6, 6.07) is 0.765. The van der Waals surface area contributed by atoms with E-state index in [0.717, 1.165) is 25.2 Å². The molecule has 0 saturated carbocycles. The van der Waals surface area contributed by atoms with Crippen molar-refractivity contribution < 1.29 is 4.74 Å². The van der Waals surface area contributed by atoms with Crippen molar-refractivity contribution in [1.29, 1.82) is 0 Å². The van der Waals surface area contributed by atoms with Gasteiger partial charge in [0.05, 0.1) is 0 Å². The van der Waals surface area contributed by atoms with Crippen LogP contribution in [0.1, 0.15) is 25.7 Å². The van der Waals surface area contributed by atoms with Crippen LogP contribution < -0.4 is 5.32 Å². The molecule has 3 nitrogen and oxygen atoms in total. The first kappa shape index (κ1) is 11.4. The molecule has 0 aromatic rings. The summed E-state index contributed by atoms with van der Waals surface area (Å²) in [5.41, 5.74) is 0. The van der Waals surface area contributed by atoms with Crippen molar-refractivity contribution in [3.63, 3.8) is 0 Å². The van der Waals surface area contributed by atoms with Crippen LogP contribution >= 0.6 is 0 Å². The molecular formula is C12H24N2O. The minimum Gasteiger partial charge on any atom is -0.381 e. The summed E-state index contributed by atoms with van der Waals surface area (Å²) in [4.78, 5) is 2.56. The molecule has 3 heteroatoms. The van der Waals surface area contributed by atoms with Crippen LogP contribution in [0.15, 0.2) is 0 Å². The average Bonchev–Trinajstić information content (AvgIpc) is 2.31. The number of rotatable bonds is 3. The van der Waals surface area contributed by atoms with E-state index in [2.05, 4.69) is 17.3 Å². The highest BCUT2D eigenvalue weighted by Gasteiger charge is 2.21. The van der Waals surface area contributed by atoms with Crippen LogP contribution in [0.2, 0.25) is 0 Å². The SMILES string of the molecule is CN(CC1CCOCC1)C1CCCNC1. The van der Waals surface area contributed by atoms with Crippen molar-refractivity contribution in [2.45, 2.75) is 31.7 Å². The minimum atomic E-state index is 0.765. The molecule has 0 amide bonds. The second kappa shape index (κ2) is 5.83. The quantitative estimate of drug-likeness (QED) is 0.758. The van der Waals surface area contributed by atoms with Crippen molar-refractivity contribution in [1.82, 2.24) is 10.2 Å². The van der Waals surface area contributed by atoms with Crippen molar-refractivity contribution in [3.05, 3.63) is 0 Å². The predicted molar refractivity (Wildman–Crippen MR) is 62.1 cm³/mol. The molecule has 2 aliphatic heterocycles. The molecule has 2 rings (SSSR count). The smallest absolute Gasteiger partial charge is 0.0469 e. The normalized spacial score (nSPS) is 29.6. The summed E-state index contributed by atoms with van der Waals surface area (Å²) < 4.78 is 5.40. The van der Waals surface area contributed by atoms with Gasteiger partial charge in [0.1, 0.15) is 0 Å². The van der Waals surface area contributed by atoms with E-state index in [1.165, 1.54) is 45.3 Å². The fourth-order valence-electron chi connectivity index (χ4n) is 2.69. The molecular weight excluding hydrogens is 188 g/mol. The van der Waals surface area contributed by atoms with Crippen LogP contribution in [0.4, 0.5) is 0 Å². The number of piperidine rings is 1. The van der Waals surface area contributed by atoms with Crippen LogP contribution in [0, 0.1) is 5.92 Å². The van der Waals surface area contributed by atoms with E-state index in [-0.39, 0.29) is 0 Å². The van der Waals surface area contributed by atoms with Gasteiger partial charge in [-0.25, -0.2) is 0 Å². The van der Waals surface area contributed by atoms with Gasteiger partial charge in [0.25, 0.3) is 0 Å². The second-order valence-electron chi connectivity index (χ2n) is 5.00.